The van der Waals surface area contributed by atoms with Gasteiger partial charge in [0.2, 0.25) is 0 Å². The Hall–Kier alpha value is -0.850. The number of hydrogen-bond donors (Lipinski definition) is 3. The molecule has 0 aliphatic rings. The minimum absolute atomic E-state index is 0. The van der Waals surface area contributed by atoms with Crippen molar-refractivity contribution in [1.29, 1.82) is 0 Å². The molecule has 114 valence electrons. The molecule has 19 heavy (non-hydrogen) atoms. The van der Waals surface area contributed by atoms with Crippen molar-refractivity contribution in [2.24, 2.45) is 16.5 Å². The van der Waals surface area contributed by atoms with E-state index in [0.717, 1.165) is 0 Å². The molecule has 0 aliphatic carbocycles. The summed E-state index contributed by atoms with van der Waals surface area (Å²) in [7, 11) is 0. The van der Waals surface area contributed by atoms with Gasteiger partial charge in [-0.15, -0.1) is 24.8 Å². The lowest BCUT2D eigenvalue weighted by atomic mass is 9.92. The van der Waals surface area contributed by atoms with E-state index < -0.39 is 17.3 Å². The van der Waals surface area contributed by atoms with Crippen LogP contribution in [0.2, 0.25) is 0 Å². The zero-order chi connectivity index (χ0) is 13.5. The predicted octanol–water partition coefficient (Wildman–Crippen LogP) is 2.03. The van der Waals surface area contributed by atoms with Crippen molar-refractivity contribution < 1.29 is 14.3 Å². The molecule has 0 amide bonds. The molecule has 1 atom stereocenters. The first-order valence-corrected chi connectivity index (χ1v) is 5.45. The number of rotatable bonds is 7. The van der Waals surface area contributed by atoms with E-state index >= 15 is 0 Å². The fourth-order valence-electron chi connectivity index (χ4n) is 1.19. The average molecular weight is 318 g/mol. The van der Waals surface area contributed by atoms with Gasteiger partial charge in [0.15, 0.2) is 0 Å². The van der Waals surface area contributed by atoms with Crippen LogP contribution in [0.1, 0.15) is 33.1 Å². The highest BCUT2D eigenvalue weighted by Crippen LogP contribution is 2.16. The Kier molecular flexibility index (Phi) is 13.5. The first-order valence-electron chi connectivity index (χ1n) is 5.45. The van der Waals surface area contributed by atoms with E-state index in [1.165, 1.54) is 6.08 Å². The average Bonchev–Trinajstić information content (AvgIpc) is 2.25. The Morgan fingerprint density at radius 2 is 2.00 bits per heavy atom. The highest BCUT2D eigenvalue weighted by molar-refractivity contribution is 5.85. The summed E-state index contributed by atoms with van der Waals surface area (Å²) in [4.78, 5) is 14.6. The fraction of sp³-hybridized carbons (Fsp3) is 0.636. The van der Waals surface area contributed by atoms with Gasteiger partial charge < -0.3 is 16.6 Å². The molecule has 0 bridgehead atoms. The molecule has 0 aromatic carbocycles. The second-order valence-corrected chi connectivity index (χ2v) is 3.96. The molecule has 0 heterocycles. The number of nitrogens with zero attached hydrogens (tertiary/aromatic N) is 1. The lowest BCUT2D eigenvalue weighted by Gasteiger charge is -2.21. The number of aliphatic carboxylic acids is 1. The van der Waals surface area contributed by atoms with E-state index in [9.17, 15) is 9.18 Å². The Morgan fingerprint density at radius 3 is 2.37 bits per heavy atom. The molecule has 0 saturated heterocycles. The van der Waals surface area contributed by atoms with Gasteiger partial charge in [-0.25, -0.2) is 4.39 Å². The number of carbonyl (C=O) groups is 1. The summed E-state index contributed by atoms with van der Waals surface area (Å²) in [5, 5.41) is 8.90. The predicted molar refractivity (Wildman–Crippen MR) is 79.9 cm³/mol. The molecule has 0 spiro atoms. The summed E-state index contributed by atoms with van der Waals surface area (Å²) in [5.74, 6) is -1.19. The number of hydrogen-bond acceptors (Lipinski definition) is 3. The van der Waals surface area contributed by atoms with Crippen molar-refractivity contribution >= 4 is 36.6 Å². The number of allylic oxidation sites excluding steroid dienone is 1. The van der Waals surface area contributed by atoms with Crippen LogP contribution in [-0.2, 0) is 4.79 Å². The Labute approximate surface area is 125 Å². The summed E-state index contributed by atoms with van der Waals surface area (Å²) in [5.41, 5.74) is 9.62. The standard InChI is InChI=1S/C11H20FN3O2.2ClH/c1-3-11(14,10(16)17)6-4-5-9(12)7-15-8(2)13;;/h5H,3-4,6-7,14H2,1-2H3,(H2,13,15)(H,16,17);2*1H/b9-5-;;/t11-;;/m0../s1. The number of amidine groups is 1. The van der Waals surface area contributed by atoms with E-state index in [-0.39, 0.29) is 44.2 Å². The first-order chi connectivity index (χ1) is 7.81. The Morgan fingerprint density at radius 1 is 1.47 bits per heavy atom. The molecular weight excluding hydrogens is 296 g/mol. The fourth-order valence-corrected chi connectivity index (χ4v) is 1.19. The molecule has 8 heteroatoms. The van der Waals surface area contributed by atoms with Crippen molar-refractivity contribution in [3.63, 3.8) is 0 Å². The largest absolute Gasteiger partial charge is 0.480 e. The SMILES string of the molecule is CC[C@](N)(CC/C=C(\F)CN=C(C)N)C(=O)O.Cl.Cl. The van der Waals surface area contributed by atoms with Crippen LogP contribution in [0.4, 0.5) is 4.39 Å². The van der Waals surface area contributed by atoms with Gasteiger partial charge in [0.1, 0.15) is 11.4 Å². The monoisotopic (exact) mass is 317 g/mol. The minimum atomic E-state index is -1.29. The van der Waals surface area contributed by atoms with E-state index in [1.54, 1.807) is 13.8 Å². The molecule has 5 N–H and O–H groups in total. The maximum Gasteiger partial charge on any atom is 0.323 e. The first kappa shape index (κ1) is 23.3. The third-order valence-electron chi connectivity index (χ3n) is 2.49. The number of halogens is 3. The van der Waals surface area contributed by atoms with E-state index in [1.807, 2.05) is 0 Å². The summed E-state index contributed by atoms with van der Waals surface area (Å²) >= 11 is 0. The van der Waals surface area contributed by atoms with Gasteiger partial charge in [-0.05, 0) is 26.2 Å². The molecule has 0 saturated carbocycles. The number of carboxylic acid groups (broad SMARTS) is 1. The quantitative estimate of drug-likeness (QED) is 0.494. The normalized spacial score (nSPS) is 14.9. The van der Waals surface area contributed by atoms with E-state index in [2.05, 4.69) is 4.99 Å². The van der Waals surface area contributed by atoms with Gasteiger partial charge in [-0.1, -0.05) is 13.0 Å². The zero-order valence-corrected chi connectivity index (χ0v) is 12.7. The van der Waals surface area contributed by atoms with Gasteiger partial charge in [0.05, 0.1) is 12.4 Å². The van der Waals surface area contributed by atoms with Gasteiger partial charge in [0.25, 0.3) is 0 Å². The molecule has 0 aliphatic heterocycles. The van der Waals surface area contributed by atoms with Crippen molar-refractivity contribution in [2.75, 3.05) is 6.54 Å². The Balaban J connectivity index is -0.00000128. The van der Waals surface area contributed by atoms with Crippen LogP contribution >= 0.6 is 24.8 Å². The molecule has 0 rings (SSSR count). The van der Waals surface area contributed by atoms with Gasteiger partial charge in [0, 0.05) is 0 Å². The lowest BCUT2D eigenvalue weighted by molar-refractivity contribution is -0.143. The number of carboxylic acids is 1. The highest BCUT2D eigenvalue weighted by Gasteiger charge is 2.30. The van der Waals surface area contributed by atoms with Crippen LogP contribution in [0.5, 0.6) is 0 Å². The van der Waals surface area contributed by atoms with Crippen LogP contribution in [0.15, 0.2) is 16.9 Å². The summed E-state index contributed by atoms with van der Waals surface area (Å²) in [6, 6.07) is 0. The van der Waals surface area contributed by atoms with Gasteiger partial charge >= 0.3 is 5.97 Å². The van der Waals surface area contributed by atoms with Crippen molar-refractivity contribution in [2.45, 2.75) is 38.6 Å². The molecule has 0 radical (unpaired) electrons. The number of aliphatic imine (C=N–C) groups is 1. The van der Waals surface area contributed by atoms with Gasteiger partial charge in [-0.3, -0.25) is 9.79 Å². The van der Waals surface area contributed by atoms with Crippen LogP contribution in [0.25, 0.3) is 0 Å². The van der Waals surface area contributed by atoms with E-state index in [0.29, 0.717) is 12.3 Å². The molecular formula is C11H22Cl2FN3O2. The van der Waals surface area contributed by atoms with E-state index in [4.69, 9.17) is 16.6 Å². The molecule has 0 aromatic rings. The minimum Gasteiger partial charge on any atom is -0.480 e. The van der Waals surface area contributed by atoms with Crippen LogP contribution < -0.4 is 11.5 Å². The number of nitrogens with two attached hydrogens (primary N) is 2. The molecule has 0 fully saturated rings. The maximum absolute atomic E-state index is 13.2. The summed E-state index contributed by atoms with van der Waals surface area (Å²) in [6.07, 6.45) is 2.06. The molecule has 0 unspecified atom stereocenters. The summed E-state index contributed by atoms with van der Waals surface area (Å²) in [6.45, 7) is 3.15. The zero-order valence-electron chi connectivity index (χ0n) is 11.1. The van der Waals surface area contributed by atoms with Crippen molar-refractivity contribution in [3.05, 3.63) is 11.9 Å². The Bertz CT molecular complexity index is 334. The van der Waals surface area contributed by atoms with Crippen molar-refractivity contribution in [3.8, 4) is 0 Å². The second-order valence-electron chi connectivity index (χ2n) is 3.96. The van der Waals surface area contributed by atoms with Crippen LogP contribution in [-0.4, -0.2) is 29.0 Å². The molecule has 0 aromatic heterocycles. The third kappa shape index (κ3) is 9.69. The van der Waals surface area contributed by atoms with Crippen LogP contribution in [0.3, 0.4) is 0 Å². The van der Waals surface area contributed by atoms with Gasteiger partial charge in [-0.2, -0.15) is 0 Å². The van der Waals surface area contributed by atoms with Crippen LogP contribution in [0, 0.1) is 0 Å². The lowest BCUT2D eigenvalue weighted by Crippen LogP contribution is -2.47. The topological polar surface area (TPSA) is 102 Å². The summed E-state index contributed by atoms with van der Waals surface area (Å²) < 4.78 is 13.2. The second kappa shape index (κ2) is 11.0. The highest BCUT2D eigenvalue weighted by atomic mass is 35.5. The van der Waals surface area contributed by atoms with Crippen molar-refractivity contribution in [1.82, 2.24) is 0 Å². The maximum atomic E-state index is 13.2. The smallest absolute Gasteiger partial charge is 0.323 e. The third-order valence-corrected chi connectivity index (χ3v) is 2.49. The molecule has 5 nitrogen and oxygen atoms in total.